The predicted octanol–water partition coefficient (Wildman–Crippen LogP) is 2.35. The summed E-state index contributed by atoms with van der Waals surface area (Å²) in [6.07, 6.45) is 2.96. The fourth-order valence-electron chi connectivity index (χ4n) is 1.54. The van der Waals surface area contributed by atoms with Crippen LogP contribution in [0.3, 0.4) is 0 Å². The van der Waals surface area contributed by atoms with Gasteiger partial charge in [-0.2, -0.15) is 5.26 Å². The van der Waals surface area contributed by atoms with Gasteiger partial charge in [0.2, 0.25) is 0 Å². The molecule has 4 heteroatoms. The van der Waals surface area contributed by atoms with Gasteiger partial charge in [0.1, 0.15) is 6.07 Å². The number of nitriles is 1. The summed E-state index contributed by atoms with van der Waals surface area (Å²) in [6, 6.07) is 7.51. The van der Waals surface area contributed by atoms with Crippen LogP contribution in [0.5, 0.6) is 11.5 Å². The van der Waals surface area contributed by atoms with Gasteiger partial charge in [-0.3, -0.25) is 0 Å². The average Bonchev–Trinajstić information content (AvgIpc) is 2.42. The van der Waals surface area contributed by atoms with Gasteiger partial charge in [-0.05, 0) is 24.1 Å². The first-order valence-electron chi connectivity index (χ1n) is 5.82. The van der Waals surface area contributed by atoms with E-state index in [-0.39, 0.29) is 6.61 Å². The second kappa shape index (κ2) is 7.36. The minimum Gasteiger partial charge on any atom is -0.493 e. The predicted molar refractivity (Wildman–Crippen MR) is 71.4 cm³/mol. The van der Waals surface area contributed by atoms with E-state index in [4.69, 9.17) is 20.5 Å². The molecule has 0 atom stereocenters. The van der Waals surface area contributed by atoms with Gasteiger partial charge in [0, 0.05) is 6.54 Å². The van der Waals surface area contributed by atoms with E-state index in [1.54, 1.807) is 13.2 Å². The summed E-state index contributed by atoms with van der Waals surface area (Å²) in [7, 11) is 1.58. The molecule has 0 saturated heterocycles. The molecule has 0 radical (unpaired) electrons. The molecule has 0 saturated carbocycles. The number of nitrogens with two attached hydrogens (primary N) is 1. The quantitative estimate of drug-likeness (QED) is 0.836. The normalized spacial score (nSPS) is 10.9. The van der Waals surface area contributed by atoms with Gasteiger partial charge in [0.25, 0.3) is 0 Å². The Kier molecular flexibility index (Phi) is 5.75. The molecule has 18 heavy (non-hydrogen) atoms. The minimum absolute atomic E-state index is 0.00849. The van der Waals surface area contributed by atoms with Crippen LogP contribution in [0, 0.1) is 11.3 Å². The summed E-state index contributed by atoms with van der Waals surface area (Å²) >= 11 is 0. The molecule has 0 aliphatic carbocycles. The number of rotatable bonds is 6. The smallest absolute Gasteiger partial charge is 0.174 e. The number of benzene rings is 1. The van der Waals surface area contributed by atoms with E-state index < -0.39 is 0 Å². The van der Waals surface area contributed by atoms with E-state index in [1.807, 2.05) is 24.3 Å². The van der Waals surface area contributed by atoms with Gasteiger partial charge in [0.05, 0.1) is 7.11 Å². The highest BCUT2D eigenvalue weighted by atomic mass is 16.5. The molecular formula is C14H18N2O2. The van der Waals surface area contributed by atoms with Crippen LogP contribution < -0.4 is 15.2 Å². The van der Waals surface area contributed by atoms with Crippen molar-refractivity contribution in [1.82, 2.24) is 0 Å². The third-order valence-electron chi connectivity index (χ3n) is 2.57. The first-order chi connectivity index (χ1) is 8.74. The Morgan fingerprint density at radius 3 is 2.78 bits per heavy atom. The molecule has 2 N–H and O–H groups in total. The van der Waals surface area contributed by atoms with Gasteiger partial charge < -0.3 is 15.2 Å². The second-order valence-electron chi connectivity index (χ2n) is 3.72. The Morgan fingerprint density at radius 2 is 2.22 bits per heavy atom. The van der Waals surface area contributed by atoms with Crippen molar-refractivity contribution in [2.45, 2.75) is 13.3 Å². The van der Waals surface area contributed by atoms with Crippen molar-refractivity contribution in [2.75, 3.05) is 20.3 Å². The first-order valence-corrected chi connectivity index (χ1v) is 5.82. The van der Waals surface area contributed by atoms with Crippen molar-refractivity contribution in [1.29, 1.82) is 5.26 Å². The Balaban J connectivity index is 2.98. The Morgan fingerprint density at radius 1 is 1.44 bits per heavy atom. The topological polar surface area (TPSA) is 68.3 Å². The Hall–Kier alpha value is -1.99. The first kappa shape index (κ1) is 14.1. The van der Waals surface area contributed by atoms with E-state index in [9.17, 15) is 0 Å². The van der Waals surface area contributed by atoms with Crippen LogP contribution >= 0.6 is 0 Å². The zero-order valence-corrected chi connectivity index (χ0v) is 10.8. The Labute approximate surface area is 108 Å². The van der Waals surface area contributed by atoms with Crippen molar-refractivity contribution < 1.29 is 9.47 Å². The van der Waals surface area contributed by atoms with Gasteiger partial charge in [-0.1, -0.05) is 24.6 Å². The van der Waals surface area contributed by atoms with Crippen LogP contribution in [-0.4, -0.2) is 20.3 Å². The monoisotopic (exact) mass is 246 g/mol. The van der Waals surface area contributed by atoms with Crippen LogP contribution in [0.1, 0.15) is 18.9 Å². The number of hydrogen-bond acceptors (Lipinski definition) is 4. The largest absolute Gasteiger partial charge is 0.493 e. The molecule has 0 amide bonds. The lowest BCUT2D eigenvalue weighted by molar-refractivity contribution is 0.329. The highest BCUT2D eigenvalue weighted by Crippen LogP contribution is 2.28. The molecule has 0 aliphatic heterocycles. The SMILES string of the molecule is CCC(=Cc1ccc(OCC#N)c(OC)c1)CN. The highest BCUT2D eigenvalue weighted by Gasteiger charge is 2.05. The maximum absolute atomic E-state index is 8.49. The van der Waals surface area contributed by atoms with Crippen molar-refractivity contribution >= 4 is 6.08 Å². The molecule has 1 aromatic carbocycles. The summed E-state index contributed by atoms with van der Waals surface area (Å²) in [6.45, 7) is 2.63. The molecule has 4 nitrogen and oxygen atoms in total. The molecule has 1 rings (SSSR count). The van der Waals surface area contributed by atoms with Crippen LogP contribution in [0.15, 0.2) is 23.8 Å². The summed E-state index contributed by atoms with van der Waals surface area (Å²) < 4.78 is 10.5. The van der Waals surface area contributed by atoms with E-state index in [0.29, 0.717) is 18.0 Å². The number of ether oxygens (including phenoxy) is 2. The molecule has 0 bridgehead atoms. The van der Waals surface area contributed by atoms with Gasteiger partial charge in [-0.25, -0.2) is 0 Å². The molecule has 0 fully saturated rings. The summed E-state index contributed by atoms with van der Waals surface area (Å²) in [5.74, 6) is 1.19. The average molecular weight is 246 g/mol. The highest BCUT2D eigenvalue weighted by molar-refractivity contribution is 5.58. The maximum atomic E-state index is 8.49. The van der Waals surface area contributed by atoms with E-state index in [2.05, 4.69) is 6.92 Å². The molecule has 96 valence electrons. The third-order valence-corrected chi connectivity index (χ3v) is 2.57. The van der Waals surface area contributed by atoms with Gasteiger partial charge in [-0.15, -0.1) is 0 Å². The zero-order valence-electron chi connectivity index (χ0n) is 10.8. The van der Waals surface area contributed by atoms with Crippen LogP contribution in [-0.2, 0) is 0 Å². The summed E-state index contributed by atoms with van der Waals surface area (Å²) in [4.78, 5) is 0. The minimum atomic E-state index is 0.00849. The lowest BCUT2D eigenvalue weighted by Crippen LogP contribution is -2.02. The number of methoxy groups -OCH3 is 1. The zero-order chi connectivity index (χ0) is 13.4. The van der Waals surface area contributed by atoms with Crippen molar-refractivity contribution in [3.63, 3.8) is 0 Å². The third kappa shape index (κ3) is 3.79. The number of nitrogens with zero attached hydrogens (tertiary/aromatic N) is 1. The Bertz CT molecular complexity index is 455. The fraction of sp³-hybridized carbons (Fsp3) is 0.357. The molecule has 1 aromatic rings. The lowest BCUT2D eigenvalue weighted by atomic mass is 10.1. The maximum Gasteiger partial charge on any atom is 0.174 e. The molecular weight excluding hydrogens is 228 g/mol. The standard InChI is InChI=1S/C14H18N2O2/c1-3-11(10-16)8-12-4-5-13(18-7-6-15)14(9-12)17-2/h4-5,8-9H,3,7,10,16H2,1-2H3. The molecule has 0 heterocycles. The number of hydrogen-bond donors (Lipinski definition) is 1. The van der Waals surface area contributed by atoms with E-state index in [1.165, 1.54) is 5.57 Å². The van der Waals surface area contributed by atoms with E-state index >= 15 is 0 Å². The summed E-state index contributed by atoms with van der Waals surface area (Å²) in [5, 5.41) is 8.49. The van der Waals surface area contributed by atoms with E-state index in [0.717, 1.165) is 12.0 Å². The molecule has 0 spiro atoms. The summed E-state index contributed by atoms with van der Waals surface area (Å²) in [5.41, 5.74) is 7.82. The molecule has 0 aromatic heterocycles. The van der Waals surface area contributed by atoms with Gasteiger partial charge in [0.15, 0.2) is 18.1 Å². The second-order valence-corrected chi connectivity index (χ2v) is 3.72. The molecule has 0 unspecified atom stereocenters. The van der Waals surface area contributed by atoms with Crippen LogP contribution in [0.4, 0.5) is 0 Å². The van der Waals surface area contributed by atoms with Crippen LogP contribution in [0.2, 0.25) is 0 Å². The van der Waals surface area contributed by atoms with Crippen molar-refractivity contribution in [3.05, 3.63) is 29.3 Å². The molecule has 0 aliphatic rings. The van der Waals surface area contributed by atoms with Crippen molar-refractivity contribution in [3.8, 4) is 17.6 Å². The fourth-order valence-corrected chi connectivity index (χ4v) is 1.54. The van der Waals surface area contributed by atoms with Crippen LogP contribution in [0.25, 0.3) is 6.08 Å². The lowest BCUT2D eigenvalue weighted by Gasteiger charge is -2.09. The van der Waals surface area contributed by atoms with Gasteiger partial charge >= 0.3 is 0 Å². The van der Waals surface area contributed by atoms with Crippen molar-refractivity contribution in [2.24, 2.45) is 5.73 Å².